The van der Waals surface area contributed by atoms with Crippen LogP contribution in [0.5, 0.6) is 0 Å². The Balaban J connectivity index is 4.20. The molecule has 0 aliphatic carbocycles. The van der Waals surface area contributed by atoms with Crippen molar-refractivity contribution < 1.29 is 0 Å². The molecule has 0 spiro atoms. The summed E-state index contributed by atoms with van der Waals surface area (Å²) < 4.78 is 0. The molecule has 0 amide bonds. The first kappa shape index (κ1) is 11.0. The van der Waals surface area contributed by atoms with Gasteiger partial charge < -0.3 is 0 Å². The third-order valence-electron chi connectivity index (χ3n) is 1.37. The average Bonchev–Trinajstić information content (AvgIpc) is 1.96. The molecule has 0 aromatic rings. The van der Waals surface area contributed by atoms with E-state index in [4.69, 9.17) is 0 Å². The molecule has 68 valence electrons. The molecule has 0 fully saturated rings. The predicted octanol–water partition coefficient (Wildman–Crippen LogP) is 2.45. The summed E-state index contributed by atoms with van der Waals surface area (Å²) in [6.07, 6.45) is 0. The summed E-state index contributed by atoms with van der Waals surface area (Å²) in [6, 6.07) is 3.29. The van der Waals surface area contributed by atoms with Crippen LogP contribution in [0, 0.1) is 12.0 Å². The molecule has 0 saturated heterocycles. The first-order chi connectivity index (χ1) is 5.59. The van der Waals surface area contributed by atoms with Crippen LogP contribution in [0.3, 0.4) is 0 Å². The van der Waals surface area contributed by atoms with Gasteiger partial charge in [-0.1, -0.05) is 16.3 Å². The number of hydrogen-bond acceptors (Lipinski definition) is 2. The molecule has 0 aliphatic heterocycles. The zero-order valence-electron chi connectivity index (χ0n) is 8.50. The largest absolute Gasteiger partial charge is 0.273 e. The molecule has 0 bridgehead atoms. The van der Waals surface area contributed by atoms with Gasteiger partial charge in [0.05, 0.1) is 6.04 Å². The minimum atomic E-state index is 0.368. The van der Waals surface area contributed by atoms with E-state index in [0.29, 0.717) is 12.1 Å². The molecular weight excluding hydrogens is 150 g/mol. The lowest BCUT2D eigenvalue weighted by Gasteiger charge is -2.25. The number of hydrogen-bond donors (Lipinski definition) is 0. The van der Waals surface area contributed by atoms with E-state index in [2.05, 4.69) is 50.0 Å². The third kappa shape index (κ3) is 3.97. The fraction of sp³-hybridized carbons (Fsp3) is 0.778. The van der Waals surface area contributed by atoms with Crippen LogP contribution in [0.1, 0.15) is 34.6 Å². The van der Waals surface area contributed by atoms with Crippen LogP contribution in [0.4, 0.5) is 0 Å². The Hall–Kier alpha value is -1.04. The first-order valence-electron chi connectivity index (χ1n) is 4.20. The summed E-state index contributed by atoms with van der Waals surface area (Å²) in [7, 11) is 0. The summed E-state index contributed by atoms with van der Waals surface area (Å²) in [5.74, 6) is 2.66. The van der Waals surface area contributed by atoms with Gasteiger partial charge in [0, 0.05) is 12.1 Å². The molecule has 3 heteroatoms. The molecule has 12 heavy (non-hydrogen) atoms. The topological polar surface area (TPSA) is 28.0 Å². The van der Waals surface area contributed by atoms with Gasteiger partial charge in [-0.3, -0.25) is 5.01 Å². The van der Waals surface area contributed by atoms with Gasteiger partial charge in [0.1, 0.15) is 0 Å². The van der Waals surface area contributed by atoms with E-state index < -0.39 is 0 Å². The van der Waals surface area contributed by atoms with Crippen LogP contribution in [0.2, 0.25) is 0 Å². The Morgan fingerprint density at radius 3 is 1.92 bits per heavy atom. The molecule has 0 radical (unpaired) electrons. The molecule has 0 rings (SSSR count). The van der Waals surface area contributed by atoms with Crippen LogP contribution in [-0.2, 0) is 0 Å². The standard InChI is InChI=1S/C9H17N3/c1-6-7-10-11-12(8(2)3)9(4)5/h8-9H,1-5H3/b11-10+. The number of rotatable bonds is 3. The Labute approximate surface area is 74.8 Å². The highest BCUT2D eigenvalue weighted by Crippen LogP contribution is 2.05. The second kappa shape index (κ2) is 5.59. The first-order valence-corrected chi connectivity index (χ1v) is 4.20. The van der Waals surface area contributed by atoms with Crippen LogP contribution in [0.15, 0.2) is 10.3 Å². The van der Waals surface area contributed by atoms with Crippen molar-refractivity contribution in [2.75, 3.05) is 0 Å². The van der Waals surface area contributed by atoms with Crippen molar-refractivity contribution in [3.63, 3.8) is 0 Å². The molecule has 0 aliphatic rings. The van der Waals surface area contributed by atoms with Crippen LogP contribution >= 0.6 is 0 Å². The Bertz CT molecular complexity index is 188. The van der Waals surface area contributed by atoms with E-state index in [0.717, 1.165) is 0 Å². The van der Waals surface area contributed by atoms with Crippen molar-refractivity contribution in [2.45, 2.75) is 46.7 Å². The second-order valence-corrected chi connectivity index (χ2v) is 3.12. The van der Waals surface area contributed by atoms with E-state index in [1.807, 2.05) is 5.01 Å². The van der Waals surface area contributed by atoms with Gasteiger partial charge in [-0.05, 0) is 34.6 Å². The predicted molar refractivity (Wildman–Crippen MR) is 50.4 cm³/mol. The lowest BCUT2D eigenvalue weighted by atomic mass is 10.3. The van der Waals surface area contributed by atoms with Crippen molar-refractivity contribution in [2.24, 2.45) is 10.3 Å². The smallest absolute Gasteiger partial charge is 0.0590 e. The lowest BCUT2D eigenvalue weighted by molar-refractivity contribution is 0.170. The maximum atomic E-state index is 4.00. The van der Waals surface area contributed by atoms with Gasteiger partial charge in [0.2, 0.25) is 0 Å². The van der Waals surface area contributed by atoms with E-state index in [9.17, 15) is 0 Å². The molecule has 3 nitrogen and oxygen atoms in total. The minimum absolute atomic E-state index is 0.368. The maximum absolute atomic E-state index is 4.00. The summed E-state index contributed by atoms with van der Waals surface area (Å²) in [6.45, 7) is 10.1. The van der Waals surface area contributed by atoms with Gasteiger partial charge in [-0.25, -0.2) is 0 Å². The molecular formula is C9H17N3. The summed E-state index contributed by atoms with van der Waals surface area (Å²) in [5, 5.41) is 9.64. The number of nitrogens with zero attached hydrogens (tertiary/aromatic N) is 3. The SMILES string of the molecule is CC#C/N=N/N(C(C)C)C(C)C. The zero-order chi connectivity index (χ0) is 9.56. The molecule has 0 N–H and O–H groups in total. The zero-order valence-corrected chi connectivity index (χ0v) is 8.50. The van der Waals surface area contributed by atoms with Crippen LogP contribution in [0.25, 0.3) is 0 Å². The van der Waals surface area contributed by atoms with Crippen LogP contribution < -0.4 is 0 Å². The Morgan fingerprint density at radius 2 is 1.58 bits per heavy atom. The highest BCUT2D eigenvalue weighted by Gasteiger charge is 2.09. The molecule has 0 aromatic heterocycles. The van der Waals surface area contributed by atoms with Crippen molar-refractivity contribution in [3.05, 3.63) is 0 Å². The quantitative estimate of drug-likeness (QED) is 0.360. The summed E-state index contributed by atoms with van der Waals surface area (Å²) in [4.78, 5) is 0. The van der Waals surface area contributed by atoms with Gasteiger partial charge in [-0.2, -0.15) is 0 Å². The molecule has 0 unspecified atom stereocenters. The second-order valence-electron chi connectivity index (χ2n) is 3.12. The Morgan fingerprint density at radius 1 is 1.08 bits per heavy atom. The van der Waals surface area contributed by atoms with Crippen LogP contribution in [-0.4, -0.2) is 17.1 Å². The van der Waals surface area contributed by atoms with Crippen molar-refractivity contribution in [3.8, 4) is 12.0 Å². The van der Waals surface area contributed by atoms with Gasteiger partial charge in [-0.15, -0.1) is 0 Å². The van der Waals surface area contributed by atoms with Gasteiger partial charge in [0.25, 0.3) is 0 Å². The molecule has 0 aromatic carbocycles. The monoisotopic (exact) mass is 167 g/mol. The highest BCUT2D eigenvalue weighted by atomic mass is 15.6. The Kier molecular flexibility index (Phi) is 5.11. The van der Waals surface area contributed by atoms with Crippen molar-refractivity contribution >= 4 is 0 Å². The normalized spacial score (nSPS) is 10.6. The fourth-order valence-corrected chi connectivity index (χ4v) is 0.927. The summed E-state index contributed by atoms with van der Waals surface area (Å²) >= 11 is 0. The third-order valence-corrected chi connectivity index (χ3v) is 1.37. The average molecular weight is 167 g/mol. The maximum Gasteiger partial charge on any atom is 0.0590 e. The molecule has 0 atom stereocenters. The highest BCUT2D eigenvalue weighted by molar-refractivity contribution is 4.90. The van der Waals surface area contributed by atoms with Gasteiger partial charge in [0.15, 0.2) is 0 Å². The molecule has 0 heterocycles. The van der Waals surface area contributed by atoms with E-state index in [1.165, 1.54) is 0 Å². The van der Waals surface area contributed by atoms with Crippen molar-refractivity contribution in [1.82, 2.24) is 5.01 Å². The lowest BCUT2D eigenvalue weighted by Crippen LogP contribution is -2.31. The molecule has 0 saturated carbocycles. The van der Waals surface area contributed by atoms with E-state index in [1.54, 1.807) is 6.92 Å². The van der Waals surface area contributed by atoms with E-state index >= 15 is 0 Å². The van der Waals surface area contributed by atoms with Gasteiger partial charge >= 0.3 is 0 Å². The van der Waals surface area contributed by atoms with Crippen molar-refractivity contribution in [1.29, 1.82) is 0 Å². The fourth-order valence-electron chi connectivity index (χ4n) is 0.927. The van der Waals surface area contributed by atoms with E-state index in [-0.39, 0.29) is 0 Å². The summed E-state index contributed by atoms with van der Waals surface area (Å²) in [5.41, 5.74) is 0. The minimum Gasteiger partial charge on any atom is -0.273 e.